The second kappa shape index (κ2) is 25.7. The first kappa shape index (κ1) is 42.2. The molecule has 0 aliphatic carbocycles. The number of hydrogen-bond donors (Lipinski definition) is 2. The number of nitrogens with zero attached hydrogens (tertiary/aromatic N) is 3. The lowest BCUT2D eigenvalue weighted by atomic mass is 9.80. The number of rotatable bonds is 29. The van der Waals surface area contributed by atoms with Gasteiger partial charge in [-0.05, 0) is 79.7 Å². The van der Waals surface area contributed by atoms with E-state index in [-0.39, 0.29) is 0 Å². The van der Waals surface area contributed by atoms with Crippen molar-refractivity contribution >= 4 is 24.0 Å². The van der Waals surface area contributed by atoms with Crippen LogP contribution in [-0.2, 0) is 6.54 Å². The van der Waals surface area contributed by atoms with Crippen molar-refractivity contribution < 1.29 is 24.0 Å². The summed E-state index contributed by atoms with van der Waals surface area (Å²) in [5, 5.41) is 27.3. The maximum Gasteiger partial charge on any atom is 0.488 e. The van der Waals surface area contributed by atoms with Crippen LogP contribution in [0, 0.1) is 0 Å². The molecule has 0 amide bonds. The average Bonchev–Trinajstić information content (AvgIpc) is 3.13. The van der Waals surface area contributed by atoms with Gasteiger partial charge >= 0.3 is 7.12 Å². The predicted octanol–water partition coefficient (Wildman–Crippen LogP) is 10.9. The van der Waals surface area contributed by atoms with Crippen molar-refractivity contribution in [2.75, 3.05) is 33.9 Å². The number of hydrogen-bond acceptors (Lipinski definition) is 6. The molecule has 0 bridgehead atoms. The molecule has 0 atom stereocenters. The summed E-state index contributed by atoms with van der Waals surface area (Å²) >= 11 is 0. The van der Waals surface area contributed by atoms with Crippen LogP contribution in [0.3, 0.4) is 0 Å². The van der Waals surface area contributed by atoms with E-state index in [0.29, 0.717) is 5.46 Å². The van der Waals surface area contributed by atoms with Crippen LogP contribution in [-0.4, -0.2) is 55.5 Å². The van der Waals surface area contributed by atoms with E-state index in [9.17, 15) is 10.0 Å². The molecule has 3 rings (SSSR count). The lowest BCUT2D eigenvalue weighted by Crippen LogP contribution is -2.39. The molecule has 0 aromatic heterocycles. The van der Waals surface area contributed by atoms with Crippen molar-refractivity contribution in [2.24, 2.45) is 10.2 Å². The first-order chi connectivity index (χ1) is 24.8. The molecule has 0 aliphatic heterocycles. The van der Waals surface area contributed by atoms with E-state index < -0.39 is 7.12 Å². The standard InChI is InChI=1S/C43H67BN3O4/c1-4-5-6-7-8-9-11-14-17-20-35-50-42-30-26-40(27-31-42)45-46-41-28-32-43(33-29-41)51-36-21-18-15-12-10-13-16-19-34-47(2,3)37-38-22-24-39(25-23-38)44(48)49/h22-33,48-49H,4-21,34-37H2,1-3H3/q+1. The zero-order chi connectivity index (χ0) is 36.4. The molecule has 8 heteroatoms. The van der Waals surface area contributed by atoms with Gasteiger partial charge in [-0.15, -0.1) is 0 Å². The Hall–Kier alpha value is -3.20. The highest BCUT2D eigenvalue weighted by Crippen LogP contribution is 2.24. The molecule has 0 spiro atoms. The molecule has 3 aromatic carbocycles. The Bertz CT molecular complexity index is 1310. The number of quaternary nitrogens is 1. The van der Waals surface area contributed by atoms with Gasteiger partial charge in [-0.3, -0.25) is 0 Å². The van der Waals surface area contributed by atoms with Crippen LogP contribution in [0.2, 0.25) is 0 Å². The molecule has 0 saturated heterocycles. The Morgan fingerprint density at radius 3 is 1.31 bits per heavy atom. The van der Waals surface area contributed by atoms with Gasteiger partial charge in [0.05, 0.1) is 45.2 Å². The molecule has 0 heterocycles. The topological polar surface area (TPSA) is 83.6 Å². The van der Waals surface area contributed by atoms with Gasteiger partial charge in [0.2, 0.25) is 0 Å². The summed E-state index contributed by atoms with van der Waals surface area (Å²) in [6, 6.07) is 23.3. The minimum Gasteiger partial charge on any atom is -0.494 e. The predicted molar refractivity (Wildman–Crippen MR) is 214 cm³/mol. The number of benzene rings is 3. The molecule has 0 unspecified atom stereocenters. The van der Waals surface area contributed by atoms with Crippen molar-refractivity contribution in [1.29, 1.82) is 0 Å². The third kappa shape index (κ3) is 19.8. The number of ether oxygens (including phenoxy) is 2. The second-order valence-electron chi connectivity index (χ2n) is 14.8. The van der Waals surface area contributed by atoms with Crippen LogP contribution in [0.25, 0.3) is 0 Å². The van der Waals surface area contributed by atoms with Gasteiger partial charge in [-0.25, -0.2) is 0 Å². The summed E-state index contributed by atoms with van der Waals surface area (Å²) in [6.45, 7) is 5.88. The molecular formula is C43H67BN3O4+. The van der Waals surface area contributed by atoms with E-state index in [0.717, 1.165) is 66.5 Å². The summed E-state index contributed by atoms with van der Waals surface area (Å²) in [5.41, 5.74) is 3.39. The normalized spacial score (nSPS) is 11.7. The highest BCUT2D eigenvalue weighted by atomic mass is 16.5. The monoisotopic (exact) mass is 701 g/mol. The van der Waals surface area contributed by atoms with Crippen LogP contribution in [0.15, 0.2) is 83.0 Å². The van der Waals surface area contributed by atoms with Crippen molar-refractivity contribution in [3.8, 4) is 11.5 Å². The fourth-order valence-electron chi connectivity index (χ4n) is 6.37. The molecular weight excluding hydrogens is 633 g/mol. The molecule has 51 heavy (non-hydrogen) atoms. The third-order valence-corrected chi connectivity index (χ3v) is 9.54. The van der Waals surface area contributed by atoms with E-state index in [1.54, 1.807) is 12.1 Å². The average molecular weight is 701 g/mol. The summed E-state index contributed by atoms with van der Waals surface area (Å²) in [6.07, 6.45) is 23.2. The summed E-state index contributed by atoms with van der Waals surface area (Å²) in [4.78, 5) is 0. The maximum atomic E-state index is 9.28. The first-order valence-electron chi connectivity index (χ1n) is 20.0. The largest absolute Gasteiger partial charge is 0.494 e. The Balaban J connectivity index is 1.15. The molecule has 0 fully saturated rings. The Kier molecular flexibility index (Phi) is 21.3. The minimum atomic E-state index is -1.40. The summed E-state index contributed by atoms with van der Waals surface area (Å²) in [5.74, 6) is 1.76. The van der Waals surface area contributed by atoms with Gasteiger partial charge in [0.15, 0.2) is 0 Å². The smallest absolute Gasteiger partial charge is 0.488 e. The van der Waals surface area contributed by atoms with Crippen molar-refractivity contribution in [3.63, 3.8) is 0 Å². The zero-order valence-electron chi connectivity index (χ0n) is 32.1. The number of unbranched alkanes of at least 4 members (excludes halogenated alkanes) is 16. The van der Waals surface area contributed by atoms with Crippen LogP contribution in [0.1, 0.15) is 128 Å². The molecule has 0 radical (unpaired) electrons. The van der Waals surface area contributed by atoms with E-state index in [1.165, 1.54) is 108 Å². The van der Waals surface area contributed by atoms with Crippen molar-refractivity contribution in [2.45, 2.75) is 129 Å². The van der Waals surface area contributed by atoms with Gasteiger partial charge in [-0.1, -0.05) is 121 Å². The molecule has 7 nitrogen and oxygen atoms in total. The zero-order valence-corrected chi connectivity index (χ0v) is 32.1. The van der Waals surface area contributed by atoms with Gasteiger partial charge in [-0.2, -0.15) is 10.2 Å². The SMILES string of the molecule is CCCCCCCCCCCCOc1ccc(N=Nc2ccc(OCCCCCCCCCC[N+](C)(C)Cc3ccc(B(O)O)cc3)cc2)cc1. The fourth-order valence-corrected chi connectivity index (χ4v) is 6.37. The minimum absolute atomic E-state index is 0.541. The fraction of sp³-hybridized carbons (Fsp3) is 0.581. The highest BCUT2D eigenvalue weighted by molar-refractivity contribution is 6.58. The lowest BCUT2D eigenvalue weighted by molar-refractivity contribution is -0.903. The van der Waals surface area contributed by atoms with Crippen LogP contribution in [0.4, 0.5) is 11.4 Å². The maximum absolute atomic E-state index is 9.28. The van der Waals surface area contributed by atoms with Crippen molar-refractivity contribution in [3.05, 3.63) is 78.4 Å². The Morgan fingerprint density at radius 1 is 0.510 bits per heavy atom. The first-order valence-corrected chi connectivity index (χ1v) is 20.0. The van der Waals surface area contributed by atoms with Gasteiger partial charge in [0.25, 0.3) is 0 Å². The van der Waals surface area contributed by atoms with E-state index in [4.69, 9.17) is 9.47 Å². The molecule has 0 saturated carbocycles. The highest BCUT2D eigenvalue weighted by Gasteiger charge is 2.16. The summed E-state index contributed by atoms with van der Waals surface area (Å²) in [7, 11) is 3.14. The van der Waals surface area contributed by atoms with Crippen LogP contribution < -0.4 is 14.9 Å². The Morgan fingerprint density at radius 2 is 0.902 bits per heavy atom. The molecule has 280 valence electrons. The number of azo groups is 1. The quantitative estimate of drug-likeness (QED) is 0.0327. The van der Waals surface area contributed by atoms with Crippen molar-refractivity contribution in [1.82, 2.24) is 0 Å². The van der Waals surface area contributed by atoms with E-state index in [2.05, 4.69) is 31.2 Å². The van der Waals surface area contributed by atoms with E-state index in [1.807, 2.05) is 60.7 Å². The molecule has 3 aromatic rings. The second-order valence-corrected chi connectivity index (χ2v) is 14.8. The van der Waals surface area contributed by atoms with Gasteiger partial charge in [0, 0.05) is 5.56 Å². The van der Waals surface area contributed by atoms with Crippen LogP contribution in [0.5, 0.6) is 11.5 Å². The molecule has 2 N–H and O–H groups in total. The Labute approximate surface area is 310 Å². The summed E-state index contributed by atoms with van der Waals surface area (Å²) < 4.78 is 12.8. The van der Waals surface area contributed by atoms with Gasteiger partial charge < -0.3 is 24.0 Å². The molecule has 0 aliphatic rings. The third-order valence-electron chi connectivity index (χ3n) is 9.54. The lowest BCUT2D eigenvalue weighted by Gasteiger charge is -2.30. The van der Waals surface area contributed by atoms with Crippen LogP contribution >= 0.6 is 0 Å². The van der Waals surface area contributed by atoms with E-state index >= 15 is 0 Å². The van der Waals surface area contributed by atoms with Gasteiger partial charge in [0.1, 0.15) is 18.0 Å².